The summed E-state index contributed by atoms with van der Waals surface area (Å²) in [6.45, 7) is 7.33. The highest BCUT2D eigenvalue weighted by molar-refractivity contribution is 5.32. The van der Waals surface area contributed by atoms with Crippen LogP contribution < -0.4 is 5.32 Å². The predicted octanol–water partition coefficient (Wildman–Crippen LogP) is 4.51. The van der Waals surface area contributed by atoms with E-state index in [-0.39, 0.29) is 13.9 Å². The summed E-state index contributed by atoms with van der Waals surface area (Å²) in [7, 11) is 0. The molecule has 1 saturated heterocycles. The van der Waals surface area contributed by atoms with Gasteiger partial charge in [-0.1, -0.05) is 51.6 Å². The molecule has 1 aromatic carbocycles. The summed E-state index contributed by atoms with van der Waals surface area (Å²) in [5, 5.41) is 10.5. The van der Waals surface area contributed by atoms with E-state index in [1.165, 1.54) is 44.2 Å². The van der Waals surface area contributed by atoms with Crippen LogP contribution in [0.25, 0.3) is 0 Å². The van der Waals surface area contributed by atoms with E-state index in [0.29, 0.717) is 5.54 Å². The van der Waals surface area contributed by atoms with Gasteiger partial charge in [-0.25, -0.2) is 0 Å². The second-order valence-electron chi connectivity index (χ2n) is 5.04. The molecule has 0 spiro atoms. The Hall–Kier alpha value is -1.35. The van der Waals surface area contributed by atoms with Crippen LogP contribution in [-0.2, 0) is 11.2 Å². The van der Waals surface area contributed by atoms with Crippen LogP contribution in [-0.4, -0.2) is 23.7 Å². The SMILES string of the molecule is C.CC.CC1(CCCc2ccccc2)CCCN1.O=CO. The highest BCUT2D eigenvalue weighted by atomic mass is 16.3. The Labute approximate surface area is 130 Å². The maximum absolute atomic E-state index is 8.36. The molecule has 0 saturated carbocycles. The summed E-state index contributed by atoms with van der Waals surface area (Å²) < 4.78 is 0. The Bertz CT molecular complexity index is 332. The summed E-state index contributed by atoms with van der Waals surface area (Å²) >= 11 is 0. The van der Waals surface area contributed by atoms with E-state index in [0.717, 1.165) is 0 Å². The molecule has 1 atom stereocenters. The van der Waals surface area contributed by atoms with E-state index in [2.05, 4.69) is 42.6 Å². The van der Waals surface area contributed by atoms with Crippen molar-refractivity contribution in [2.45, 2.75) is 65.8 Å². The summed E-state index contributed by atoms with van der Waals surface area (Å²) in [6.07, 6.45) is 6.52. The maximum Gasteiger partial charge on any atom is 0.290 e. The lowest BCUT2D eigenvalue weighted by atomic mass is 9.92. The number of carbonyl (C=O) groups is 1. The van der Waals surface area contributed by atoms with Gasteiger partial charge < -0.3 is 10.4 Å². The first kappa shape index (κ1) is 21.9. The van der Waals surface area contributed by atoms with E-state index in [4.69, 9.17) is 9.90 Å². The van der Waals surface area contributed by atoms with Gasteiger partial charge in [-0.2, -0.15) is 0 Å². The van der Waals surface area contributed by atoms with Crippen LogP contribution in [0.3, 0.4) is 0 Å². The normalized spacial score (nSPS) is 19.2. The lowest BCUT2D eigenvalue weighted by Gasteiger charge is -2.24. The minimum atomic E-state index is -0.250. The monoisotopic (exact) mass is 295 g/mol. The number of hydrogen-bond acceptors (Lipinski definition) is 2. The average Bonchev–Trinajstić information content (AvgIpc) is 2.90. The number of hydrogen-bond donors (Lipinski definition) is 2. The first-order valence-corrected chi connectivity index (χ1v) is 7.57. The molecule has 2 rings (SSSR count). The standard InChI is InChI=1S/C14H21N.C2H6.CH2O2.CH4/c1-14(11-6-12-15-14)10-5-9-13-7-3-2-4-8-13;1-2;2-1-3;/h2-4,7-8,15H,5-6,9-12H2,1H3;1-2H3;1H,(H,2,3);1H4. The third kappa shape index (κ3) is 10.1. The van der Waals surface area contributed by atoms with E-state index < -0.39 is 0 Å². The molecule has 2 N–H and O–H groups in total. The highest BCUT2D eigenvalue weighted by Crippen LogP contribution is 2.24. The minimum Gasteiger partial charge on any atom is -0.483 e. The van der Waals surface area contributed by atoms with Crippen molar-refractivity contribution < 1.29 is 9.90 Å². The number of nitrogens with one attached hydrogen (secondary N) is 1. The molecule has 1 aliphatic rings. The van der Waals surface area contributed by atoms with Gasteiger partial charge in [0, 0.05) is 5.54 Å². The molecule has 0 aliphatic carbocycles. The van der Waals surface area contributed by atoms with Gasteiger partial charge in [0.2, 0.25) is 0 Å². The number of carboxylic acid groups (broad SMARTS) is 1. The van der Waals surface area contributed by atoms with Crippen molar-refractivity contribution >= 4 is 6.47 Å². The fraction of sp³-hybridized carbons (Fsp3) is 0.611. The Morgan fingerprint density at radius 2 is 1.86 bits per heavy atom. The Morgan fingerprint density at radius 3 is 2.33 bits per heavy atom. The third-order valence-electron chi connectivity index (χ3n) is 3.49. The second-order valence-corrected chi connectivity index (χ2v) is 5.04. The van der Waals surface area contributed by atoms with Crippen molar-refractivity contribution in [1.82, 2.24) is 5.32 Å². The van der Waals surface area contributed by atoms with Gasteiger partial charge in [-0.15, -0.1) is 0 Å². The fourth-order valence-electron chi connectivity index (χ4n) is 2.50. The van der Waals surface area contributed by atoms with Gasteiger partial charge in [-0.3, -0.25) is 4.79 Å². The molecule has 21 heavy (non-hydrogen) atoms. The van der Waals surface area contributed by atoms with Crippen LogP contribution >= 0.6 is 0 Å². The molecule has 1 aliphatic heterocycles. The summed E-state index contributed by atoms with van der Waals surface area (Å²) in [5.74, 6) is 0. The van der Waals surface area contributed by atoms with E-state index >= 15 is 0 Å². The summed E-state index contributed by atoms with van der Waals surface area (Å²) in [5.41, 5.74) is 1.90. The first-order chi connectivity index (χ1) is 9.70. The molecule has 1 fully saturated rings. The van der Waals surface area contributed by atoms with Gasteiger partial charge in [0.1, 0.15) is 0 Å². The van der Waals surface area contributed by atoms with E-state index in [1.54, 1.807) is 0 Å². The summed E-state index contributed by atoms with van der Waals surface area (Å²) in [6, 6.07) is 10.8. The summed E-state index contributed by atoms with van der Waals surface area (Å²) in [4.78, 5) is 8.36. The molecule has 122 valence electrons. The number of rotatable bonds is 4. The van der Waals surface area contributed by atoms with Crippen LogP contribution in [0.2, 0.25) is 0 Å². The zero-order valence-corrected chi connectivity index (χ0v) is 13.1. The third-order valence-corrected chi connectivity index (χ3v) is 3.49. The molecule has 0 aromatic heterocycles. The van der Waals surface area contributed by atoms with Crippen molar-refractivity contribution in [3.05, 3.63) is 35.9 Å². The Balaban J connectivity index is 0. The fourth-order valence-corrected chi connectivity index (χ4v) is 2.50. The van der Waals surface area contributed by atoms with Crippen LogP contribution in [0.15, 0.2) is 30.3 Å². The smallest absolute Gasteiger partial charge is 0.290 e. The predicted molar refractivity (Wildman–Crippen MR) is 91.8 cm³/mol. The molecule has 0 amide bonds. The molecule has 1 unspecified atom stereocenters. The topological polar surface area (TPSA) is 49.3 Å². The van der Waals surface area contributed by atoms with Crippen molar-refractivity contribution in [2.75, 3.05) is 6.54 Å². The van der Waals surface area contributed by atoms with Gasteiger partial charge >= 0.3 is 0 Å². The second kappa shape index (κ2) is 13.6. The Kier molecular flexibility index (Phi) is 14.2. The van der Waals surface area contributed by atoms with Gasteiger partial charge in [-0.05, 0) is 51.1 Å². The van der Waals surface area contributed by atoms with Gasteiger partial charge in [0.05, 0.1) is 0 Å². The van der Waals surface area contributed by atoms with E-state index in [1.807, 2.05) is 13.8 Å². The average molecular weight is 295 g/mol. The van der Waals surface area contributed by atoms with Gasteiger partial charge in [0.25, 0.3) is 6.47 Å². The van der Waals surface area contributed by atoms with Crippen LogP contribution in [0.5, 0.6) is 0 Å². The first-order valence-electron chi connectivity index (χ1n) is 7.57. The van der Waals surface area contributed by atoms with Crippen molar-refractivity contribution in [3.63, 3.8) is 0 Å². The number of aryl methyl sites for hydroxylation is 1. The molecule has 1 aromatic rings. The van der Waals surface area contributed by atoms with Crippen molar-refractivity contribution in [3.8, 4) is 0 Å². The minimum absolute atomic E-state index is 0. The zero-order valence-electron chi connectivity index (χ0n) is 13.1. The van der Waals surface area contributed by atoms with Crippen molar-refractivity contribution in [1.29, 1.82) is 0 Å². The van der Waals surface area contributed by atoms with Crippen molar-refractivity contribution in [2.24, 2.45) is 0 Å². The number of benzene rings is 1. The van der Waals surface area contributed by atoms with Crippen LogP contribution in [0, 0.1) is 0 Å². The molecular formula is C18H33NO2. The molecular weight excluding hydrogens is 262 g/mol. The molecule has 1 heterocycles. The molecule has 0 bridgehead atoms. The maximum atomic E-state index is 8.36. The quantitative estimate of drug-likeness (QED) is 0.803. The lowest BCUT2D eigenvalue weighted by Crippen LogP contribution is -2.35. The molecule has 3 nitrogen and oxygen atoms in total. The zero-order chi connectivity index (χ0) is 15.3. The Morgan fingerprint density at radius 1 is 1.29 bits per heavy atom. The molecule has 3 heteroatoms. The van der Waals surface area contributed by atoms with Gasteiger partial charge in [0.15, 0.2) is 0 Å². The lowest BCUT2D eigenvalue weighted by molar-refractivity contribution is -0.122. The van der Waals surface area contributed by atoms with E-state index in [9.17, 15) is 0 Å². The molecule has 0 radical (unpaired) electrons. The van der Waals surface area contributed by atoms with Crippen LogP contribution in [0.1, 0.15) is 59.4 Å². The highest BCUT2D eigenvalue weighted by Gasteiger charge is 2.26. The largest absolute Gasteiger partial charge is 0.483 e. The van der Waals surface area contributed by atoms with Crippen LogP contribution in [0.4, 0.5) is 0 Å².